The minimum Gasteiger partial charge on any atom is -0.380 e. The van der Waals surface area contributed by atoms with Crippen LogP contribution in [-0.2, 0) is 16.1 Å². The molecule has 1 aliphatic heterocycles. The van der Waals surface area contributed by atoms with Gasteiger partial charge >= 0.3 is 0 Å². The molecule has 138 valence electrons. The van der Waals surface area contributed by atoms with Gasteiger partial charge in [0.2, 0.25) is 5.91 Å². The summed E-state index contributed by atoms with van der Waals surface area (Å²) in [5.74, 6) is 0.125. The van der Waals surface area contributed by atoms with Crippen LogP contribution in [0.4, 0.5) is 0 Å². The summed E-state index contributed by atoms with van der Waals surface area (Å²) >= 11 is 6.01. The minimum atomic E-state index is -0.183. The van der Waals surface area contributed by atoms with Crippen LogP contribution in [0.25, 0.3) is 0 Å². The Morgan fingerprint density at radius 2 is 1.96 bits per heavy atom. The number of nitrogens with two attached hydrogens (primary N) is 1. The first kappa shape index (κ1) is 23.4. The number of hydrogen-bond donors (Lipinski definition) is 1. The molecular weight excluding hydrogens is 373 g/mol. The van der Waals surface area contributed by atoms with Crippen molar-refractivity contribution >= 4 is 42.3 Å². The molecule has 1 aromatic carbocycles. The van der Waals surface area contributed by atoms with Crippen LogP contribution in [-0.4, -0.2) is 61.6 Å². The second-order valence-electron chi connectivity index (χ2n) is 5.58. The van der Waals surface area contributed by atoms with Crippen LogP contribution in [0, 0.1) is 0 Å². The number of piperazine rings is 1. The van der Waals surface area contributed by atoms with Gasteiger partial charge in [0.1, 0.15) is 0 Å². The van der Waals surface area contributed by atoms with Crippen molar-refractivity contribution in [1.82, 2.24) is 9.80 Å². The SMILES string of the molecule is COC(CN)CC(=O)N1CCN(Cc2cccc(Cl)c2)CC1.Cl.Cl. The molecule has 2 N–H and O–H groups in total. The number of carbonyl (C=O) groups is 1. The molecule has 0 aromatic heterocycles. The van der Waals surface area contributed by atoms with Gasteiger partial charge in [-0.2, -0.15) is 0 Å². The van der Waals surface area contributed by atoms with Crippen LogP contribution in [0.1, 0.15) is 12.0 Å². The molecule has 24 heavy (non-hydrogen) atoms. The van der Waals surface area contributed by atoms with Gasteiger partial charge in [0.15, 0.2) is 0 Å². The number of benzene rings is 1. The van der Waals surface area contributed by atoms with Gasteiger partial charge in [0.05, 0.1) is 12.5 Å². The van der Waals surface area contributed by atoms with Gasteiger partial charge in [0, 0.05) is 51.4 Å². The van der Waals surface area contributed by atoms with E-state index in [0.717, 1.165) is 37.7 Å². The number of ether oxygens (including phenoxy) is 1. The van der Waals surface area contributed by atoms with Gasteiger partial charge in [-0.15, -0.1) is 24.8 Å². The fourth-order valence-electron chi connectivity index (χ4n) is 2.64. The summed E-state index contributed by atoms with van der Waals surface area (Å²) in [6.07, 6.45) is 0.179. The average molecular weight is 399 g/mol. The van der Waals surface area contributed by atoms with Crippen molar-refractivity contribution in [2.24, 2.45) is 5.73 Å². The molecule has 1 aromatic rings. The second-order valence-corrected chi connectivity index (χ2v) is 6.02. The summed E-state index contributed by atoms with van der Waals surface area (Å²) < 4.78 is 5.18. The number of rotatable bonds is 6. The Kier molecular flexibility index (Phi) is 11.6. The van der Waals surface area contributed by atoms with E-state index >= 15 is 0 Å². The predicted molar refractivity (Wildman–Crippen MR) is 102 cm³/mol. The van der Waals surface area contributed by atoms with Crippen molar-refractivity contribution in [3.05, 3.63) is 34.9 Å². The summed E-state index contributed by atoms with van der Waals surface area (Å²) in [4.78, 5) is 16.4. The highest BCUT2D eigenvalue weighted by Crippen LogP contribution is 2.14. The molecular formula is C16H26Cl3N3O2. The number of halogens is 3. The smallest absolute Gasteiger partial charge is 0.225 e. The second kappa shape index (κ2) is 11.9. The number of amides is 1. The summed E-state index contributed by atoms with van der Waals surface area (Å²) in [6, 6.07) is 7.91. The highest BCUT2D eigenvalue weighted by atomic mass is 35.5. The zero-order valence-electron chi connectivity index (χ0n) is 13.8. The van der Waals surface area contributed by atoms with Crippen LogP contribution in [0.3, 0.4) is 0 Å². The maximum Gasteiger partial charge on any atom is 0.225 e. The van der Waals surface area contributed by atoms with Crippen LogP contribution < -0.4 is 5.73 Å². The Labute approximate surface area is 161 Å². The van der Waals surface area contributed by atoms with E-state index in [1.54, 1.807) is 7.11 Å². The van der Waals surface area contributed by atoms with Crippen LogP contribution >= 0.6 is 36.4 Å². The van der Waals surface area contributed by atoms with E-state index in [0.29, 0.717) is 13.0 Å². The monoisotopic (exact) mass is 397 g/mol. The maximum atomic E-state index is 12.2. The molecule has 0 bridgehead atoms. The average Bonchev–Trinajstić information content (AvgIpc) is 2.53. The van der Waals surface area contributed by atoms with Crippen LogP contribution in [0.15, 0.2) is 24.3 Å². The molecule has 1 fully saturated rings. The maximum absolute atomic E-state index is 12.2. The zero-order chi connectivity index (χ0) is 15.9. The summed E-state index contributed by atoms with van der Waals surface area (Å²) in [5, 5.41) is 0.763. The third-order valence-corrected chi connectivity index (χ3v) is 4.25. The molecule has 1 atom stereocenters. The first-order valence-corrected chi connectivity index (χ1v) is 7.97. The van der Waals surface area contributed by atoms with Gasteiger partial charge < -0.3 is 15.4 Å². The van der Waals surface area contributed by atoms with Crippen molar-refractivity contribution in [2.45, 2.75) is 19.1 Å². The van der Waals surface area contributed by atoms with Gasteiger partial charge in [-0.1, -0.05) is 23.7 Å². The van der Waals surface area contributed by atoms with Gasteiger partial charge in [-0.3, -0.25) is 9.69 Å². The molecule has 0 saturated carbocycles. The number of nitrogens with zero attached hydrogens (tertiary/aromatic N) is 2. The molecule has 1 amide bonds. The fraction of sp³-hybridized carbons (Fsp3) is 0.562. The summed E-state index contributed by atoms with van der Waals surface area (Å²) in [7, 11) is 1.59. The van der Waals surface area contributed by atoms with E-state index in [-0.39, 0.29) is 36.8 Å². The Morgan fingerprint density at radius 3 is 2.50 bits per heavy atom. The Balaban J connectivity index is 0.00000264. The quantitative estimate of drug-likeness (QED) is 0.798. The van der Waals surface area contributed by atoms with Crippen LogP contribution in [0.5, 0.6) is 0 Å². The number of carbonyl (C=O) groups excluding carboxylic acids is 1. The first-order chi connectivity index (χ1) is 10.6. The largest absolute Gasteiger partial charge is 0.380 e. The number of methoxy groups -OCH3 is 1. The van der Waals surface area contributed by atoms with Crippen molar-refractivity contribution in [3.63, 3.8) is 0 Å². The van der Waals surface area contributed by atoms with Gasteiger partial charge in [-0.05, 0) is 17.7 Å². The predicted octanol–water partition coefficient (Wildman–Crippen LogP) is 2.19. The lowest BCUT2D eigenvalue weighted by Crippen LogP contribution is -2.49. The van der Waals surface area contributed by atoms with Crippen LogP contribution in [0.2, 0.25) is 5.02 Å². The summed E-state index contributed by atoms with van der Waals surface area (Å²) in [6.45, 7) is 4.49. The molecule has 1 saturated heterocycles. The Hall–Kier alpha value is -0.560. The standard InChI is InChI=1S/C16H24ClN3O2.2ClH/c1-22-15(11-18)10-16(21)20-7-5-19(6-8-20)12-13-3-2-4-14(17)9-13;;/h2-4,9,15H,5-8,10-12,18H2,1H3;2*1H. The normalized spacial score (nSPS) is 16.0. The molecule has 1 aliphatic rings. The molecule has 0 radical (unpaired) electrons. The van der Waals surface area contributed by atoms with E-state index in [2.05, 4.69) is 11.0 Å². The molecule has 0 spiro atoms. The lowest BCUT2D eigenvalue weighted by atomic mass is 10.2. The number of hydrogen-bond acceptors (Lipinski definition) is 4. The molecule has 5 nitrogen and oxygen atoms in total. The van der Waals surface area contributed by atoms with E-state index in [9.17, 15) is 4.79 Å². The van der Waals surface area contributed by atoms with Crippen molar-refractivity contribution in [1.29, 1.82) is 0 Å². The first-order valence-electron chi connectivity index (χ1n) is 7.60. The Morgan fingerprint density at radius 1 is 1.29 bits per heavy atom. The third-order valence-electron chi connectivity index (χ3n) is 4.02. The van der Waals surface area contributed by atoms with Gasteiger partial charge in [-0.25, -0.2) is 0 Å². The molecule has 1 heterocycles. The highest BCUT2D eigenvalue weighted by molar-refractivity contribution is 6.30. The lowest BCUT2D eigenvalue weighted by Gasteiger charge is -2.35. The topological polar surface area (TPSA) is 58.8 Å². The Bertz CT molecular complexity index is 493. The molecule has 2 rings (SSSR count). The zero-order valence-corrected chi connectivity index (χ0v) is 16.2. The van der Waals surface area contributed by atoms with E-state index in [1.807, 2.05) is 23.1 Å². The molecule has 8 heteroatoms. The highest BCUT2D eigenvalue weighted by Gasteiger charge is 2.23. The molecule has 1 unspecified atom stereocenters. The van der Waals surface area contributed by atoms with E-state index in [1.165, 1.54) is 5.56 Å². The van der Waals surface area contributed by atoms with E-state index < -0.39 is 0 Å². The minimum absolute atomic E-state index is 0. The van der Waals surface area contributed by atoms with Gasteiger partial charge in [0.25, 0.3) is 0 Å². The fourth-order valence-corrected chi connectivity index (χ4v) is 2.85. The van der Waals surface area contributed by atoms with Crippen molar-refractivity contribution < 1.29 is 9.53 Å². The van der Waals surface area contributed by atoms with Crippen molar-refractivity contribution in [2.75, 3.05) is 39.8 Å². The summed E-state index contributed by atoms with van der Waals surface area (Å²) in [5.41, 5.74) is 6.77. The molecule has 0 aliphatic carbocycles. The van der Waals surface area contributed by atoms with E-state index in [4.69, 9.17) is 22.1 Å². The lowest BCUT2D eigenvalue weighted by molar-refractivity contribution is -0.135. The van der Waals surface area contributed by atoms with Crippen molar-refractivity contribution in [3.8, 4) is 0 Å². The third kappa shape index (κ3) is 7.13.